The van der Waals surface area contributed by atoms with Crippen LogP contribution in [-0.2, 0) is 11.8 Å². The molecule has 1 rings (SSSR count). The summed E-state index contributed by atoms with van der Waals surface area (Å²) >= 11 is 0. The van der Waals surface area contributed by atoms with Crippen LogP contribution >= 0.6 is 12.4 Å². The minimum absolute atomic E-state index is 0. The summed E-state index contributed by atoms with van der Waals surface area (Å²) in [6, 6.07) is -0.349. The molecule has 1 aromatic heterocycles. The van der Waals surface area contributed by atoms with E-state index in [1.165, 1.54) is 0 Å². The first-order chi connectivity index (χ1) is 9.25. The van der Waals surface area contributed by atoms with Crippen LogP contribution in [0.1, 0.15) is 45.7 Å². The lowest BCUT2D eigenvalue weighted by molar-refractivity contribution is -0.123. The molecule has 0 bridgehead atoms. The summed E-state index contributed by atoms with van der Waals surface area (Å²) in [5.74, 6) is 0.623. The lowest BCUT2D eigenvalue weighted by atomic mass is 9.84. The normalized spacial score (nSPS) is 12.9. The van der Waals surface area contributed by atoms with Crippen LogP contribution in [0.4, 0.5) is 0 Å². The van der Waals surface area contributed by atoms with E-state index >= 15 is 0 Å². The van der Waals surface area contributed by atoms with Crippen LogP contribution in [0, 0.1) is 11.3 Å². The van der Waals surface area contributed by atoms with Crippen LogP contribution < -0.4 is 10.6 Å². The third-order valence-electron chi connectivity index (χ3n) is 3.31. The quantitative estimate of drug-likeness (QED) is 0.811. The number of nitrogens with one attached hydrogen (secondary N) is 2. The summed E-state index contributed by atoms with van der Waals surface area (Å²) in [5.41, 5.74) is 0.992. The molecular weight excluding hydrogens is 288 g/mol. The highest BCUT2D eigenvalue weighted by molar-refractivity contribution is 5.85. The van der Waals surface area contributed by atoms with Crippen molar-refractivity contribution in [1.29, 1.82) is 0 Å². The average molecular weight is 317 g/mol. The summed E-state index contributed by atoms with van der Waals surface area (Å²) in [7, 11) is 3.64. The molecule has 1 amide bonds. The highest BCUT2D eigenvalue weighted by atomic mass is 35.5. The summed E-state index contributed by atoms with van der Waals surface area (Å²) in [5, 5.41) is 10.2. The van der Waals surface area contributed by atoms with Crippen molar-refractivity contribution in [3.05, 3.63) is 18.0 Å². The fourth-order valence-electron chi connectivity index (χ4n) is 2.64. The predicted octanol–water partition coefficient (Wildman–Crippen LogP) is 2.29. The van der Waals surface area contributed by atoms with Crippen molar-refractivity contribution in [2.45, 2.75) is 40.2 Å². The first-order valence-corrected chi connectivity index (χ1v) is 7.18. The number of halogens is 1. The second-order valence-electron chi connectivity index (χ2n) is 6.65. The van der Waals surface area contributed by atoms with Crippen LogP contribution in [0.3, 0.4) is 0 Å². The van der Waals surface area contributed by atoms with Gasteiger partial charge in [0, 0.05) is 25.4 Å². The molecule has 0 aliphatic rings. The van der Waals surface area contributed by atoms with E-state index < -0.39 is 0 Å². The zero-order chi connectivity index (χ0) is 15.3. The third-order valence-corrected chi connectivity index (χ3v) is 3.31. The zero-order valence-corrected chi connectivity index (χ0v) is 14.8. The van der Waals surface area contributed by atoms with Crippen molar-refractivity contribution < 1.29 is 4.79 Å². The first-order valence-electron chi connectivity index (χ1n) is 7.18. The third kappa shape index (κ3) is 6.48. The highest BCUT2D eigenvalue weighted by Gasteiger charge is 2.24. The van der Waals surface area contributed by atoms with Gasteiger partial charge < -0.3 is 10.6 Å². The number of aromatic nitrogens is 2. The van der Waals surface area contributed by atoms with Crippen molar-refractivity contribution >= 4 is 18.3 Å². The molecule has 0 saturated carbocycles. The average Bonchev–Trinajstić information content (AvgIpc) is 2.72. The van der Waals surface area contributed by atoms with Crippen molar-refractivity contribution in [3.63, 3.8) is 0 Å². The van der Waals surface area contributed by atoms with E-state index in [0.29, 0.717) is 12.5 Å². The largest absolute Gasteiger partial charge is 0.354 e. The zero-order valence-electron chi connectivity index (χ0n) is 13.9. The van der Waals surface area contributed by atoms with Gasteiger partial charge in [-0.3, -0.25) is 9.48 Å². The van der Waals surface area contributed by atoms with Crippen LogP contribution in [0.25, 0.3) is 0 Å². The molecule has 0 radical (unpaired) electrons. The molecule has 21 heavy (non-hydrogen) atoms. The summed E-state index contributed by atoms with van der Waals surface area (Å²) in [4.78, 5) is 12.3. The fourth-order valence-corrected chi connectivity index (χ4v) is 2.64. The number of rotatable bonds is 7. The predicted molar refractivity (Wildman–Crippen MR) is 88.5 cm³/mol. The summed E-state index contributed by atoms with van der Waals surface area (Å²) in [6.45, 7) is 9.46. The molecule has 2 N–H and O–H groups in total. The maximum atomic E-state index is 12.3. The topological polar surface area (TPSA) is 59.0 Å². The Morgan fingerprint density at radius 2 is 2.05 bits per heavy atom. The number of aryl methyl sites for hydroxylation is 1. The van der Waals surface area contributed by atoms with Gasteiger partial charge in [0.25, 0.3) is 0 Å². The smallest absolute Gasteiger partial charge is 0.241 e. The Morgan fingerprint density at radius 3 is 2.48 bits per heavy atom. The van der Waals surface area contributed by atoms with Gasteiger partial charge in [0.15, 0.2) is 0 Å². The maximum absolute atomic E-state index is 12.3. The van der Waals surface area contributed by atoms with E-state index in [0.717, 1.165) is 12.0 Å². The van der Waals surface area contributed by atoms with E-state index in [4.69, 9.17) is 0 Å². The Balaban J connectivity index is 0.00000400. The number of carbonyl (C=O) groups excluding carboxylic acids is 1. The number of hydrogen-bond acceptors (Lipinski definition) is 3. The van der Waals surface area contributed by atoms with Gasteiger partial charge in [-0.05, 0) is 24.8 Å². The molecule has 122 valence electrons. The number of carbonyl (C=O) groups is 1. The Morgan fingerprint density at radius 1 is 1.43 bits per heavy atom. The monoisotopic (exact) mass is 316 g/mol. The molecule has 1 aromatic rings. The Labute approximate surface area is 134 Å². The molecule has 1 unspecified atom stereocenters. The standard InChI is InChI=1S/C15H28N4O.ClH/c1-11(2)7-15(3,4)10-17-14(20)13(16-5)12-8-18-19(6)9-12;/h8-9,11,13,16H,7,10H2,1-6H3,(H,17,20);1H. The second kappa shape index (κ2) is 8.39. The van der Waals surface area contributed by atoms with Crippen molar-refractivity contribution in [2.75, 3.05) is 13.6 Å². The molecule has 0 saturated heterocycles. The molecule has 0 aliphatic heterocycles. The van der Waals surface area contributed by atoms with E-state index in [9.17, 15) is 4.79 Å². The van der Waals surface area contributed by atoms with Gasteiger partial charge >= 0.3 is 0 Å². The Kier molecular flexibility index (Phi) is 7.96. The van der Waals surface area contributed by atoms with Crippen LogP contribution in [0.15, 0.2) is 12.4 Å². The minimum Gasteiger partial charge on any atom is -0.354 e. The SMILES string of the molecule is CNC(C(=O)NCC(C)(C)CC(C)C)c1cnn(C)c1.Cl. The fraction of sp³-hybridized carbons (Fsp3) is 0.733. The van der Waals surface area contributed by atoms with Gasteiger partial charge in [0.05, 0.1) is 6.20 Å². The van der Waals surface area contributed by atoms with Gasteiger partial charge in [-0.25, -0.2) is 0 Å². The maximum Gasteiger partial charge on any atom is 0.241 e. The van der Waals surface area contributed by atoms with Gasteiger partial charge in [0.1, 0.15) is 6.04 Å². The molecule has 1 heterocycles. The van der Waals surface area contributed by atoms with Gasteiger partial charge in [0.2, 0.25) is 5.91 Å². The minimum atomic E-state index is -0.349. The van der Waals surface area contributed by atoms with E-state index in [1.807, 2.05) is 13.2 Å². The van der Waals surface area contributed by atoms with Gasteiger partial charge in [-0.1, -0.05) is 27.7 Å². The molecule has 6 heteroatoms. The molecule has 1 atom stereocenters. The number of nitrogens with zero attached hydrogens (tertiary/aromatic N) is 2. The number of amides is 1. The van der Waals surface area contributed by atoms with Gasteiger partial charge in [-0.2, -0.15) is 5.10 Å². The number of likely N-dealkylation sites (N-methyl/N-ethyl adjacent to an activating group) is 1. The molecule has 0 fully saturated rings. The summed E-state index contributed by atoms with van der Waals surface area (Å²) in [6.07, 6.45) is 4.67. The van der Waals surface area contributed by atoms with Crippen molar-refractivity contribution in [1.82, 2.24) is 20.4 Å². The van der Waals surface area contributed by atoms with E-state index in [-0.39, 0.29) is 29.8 Å². The summed E-state index contributed by atoms with van der Waals surface area (Å²) < 4.78 is 1.70. The lowest BCUT2D eigenvalue weighted by Gasteiger charge is -2.28. The molecule has 0 spiro atoms. The lowest BCUT2D eigenvalue weighted by Crippen LogP contribution is -2.40. The molecule has 0 aliphatic carbocycles. The Hall–Kier alpha value is -1.07. The van der Waals surface area contributed by atoms with Crippen LogP contribution in [0.5, 0.6) is 0 Å². The second-order valence-corrected chi connectivity index (χ2v) is 6.65. The van der Waals surface area contributed by atoms with Crippen molar-refractivity contribution in [3.8, 4) is 0 Å². The van der Waals surface area contributed by atoms with Crippen LogP contribution in [-0.4, -0.2) is 29.3 Å². The molecule has 5 nitrogen and oxygen atoms in total. The van der Waals surface area contributed by atoms with Gasteiger partial charge in [-0.15, -0.1) is 12.4 Å². The Bertz CT molecular complexity index is 443. The van der Waals surface area contributed by atoms with E-state index in [1.54, 1.807) is 17.9 Å². The van der Waals surface area contributed by atoms with Crippen molar-refractivity contribution in [2.24, 2.45) is 18.4 Å². The highest BCUT2D eigenvalue weighted by Crippen LogP contribution is 2.24. The molecular formula is C15H29ClN4O. The van der Waals surface area contributed by atoms with Crippen LogP contribution in [0.2, 0.25) is 0 Å². The van der Waals surface area contributed by atoms with E-state index in [2.05, 4.69) is 43.4 Å². The molecule has 0 aromatic carbocycles. The number of hydrogen-bond donors (Lipinski definition) is 2. The first kappa shape index (κ1) is 19.9.